The number of rotatable bonds is 4. The maximum Gasteiger partial charge on any atom is 0.311 e. The van der Waals surface area contributed by atoms with Crippen LogP contribution in [0.1, 0.15) is 65.2 Å². The standard InChI is InChI=1S/C22H34O3/c1-3-13-14(4-2)17-11-16(13)20-12-9-15(21(17)20)18(10-12)22(23)25-19-7-5-6-8-24-19/h12-21H,3-11H2,1-2H3. The van der Waals surface area contributed by atoms with Crippen LogP contribution in [0.25, 0.3) is 0 Å². The van der Waals surface area contributed by atoms with Crippen molar-refractivity contribution in [3.8, 4) is 0 Å². The van der Waals surface area contributed by atoms with Crippen molar-refractivity contribution in [3.05, 3.63) is 0 Å². The molecule has 3 nitrogen and oxygen atoms in total. The highest BCUT2D eigenvalue weighted by molar-refractivity contribution is 5.73. The molecule has 5 aliphatic rings. The second kappa shape index (κ2) is 6.25. The summed E-state index contributed by atoms with van der Waals surface area (Å²) in [5.74, 6) is 7.22. The molecule has 4 bridgehead atoms. The van der Waals surface area contributed by atoms with Crippen molar-refractivity contribution in [3.63, 3.8) is 0 Å². The predicted octanol–water partition coefficient (Wildman–Crippen LogP) is 4.65. The number of hydrogen-bond acceptors (Lipinski definition) is 3. The highest BCUT2D eigenvalue weighted by atomic mass is 16.7. The van der Waals surface area contributed by atoms with Crippen LogP contribution in [-0.4, -0.2) is 18.9 Å². The van der Waals surface area contributed by atoms with Crippen molar-refractivity contribution in [2.75, 3.05) is 6.61 Å². The van der Waals surface area contributed by atoms with Gasteiger partial charge in [-0.15, -0.1) is 0 Å². The summed E-state index contributed by atoms with van der Waals surface area (Å²) in [6, 6.07) is 0. The van der Waals surface area contributed by atoms with Crippen LogP contribution in [0.2, 0.25) is 0 Å². The van der Waals surface area contributed by atoms with Crippen LogP contribution in [0.15, 0.2) is 0 Å². The Hall–Kier alpha value is -0.570. The minimum Gasteiger partial charge on any atom is -0.436 e. The maximum absolute atomic E-state index is 12.9. The zero-order valence-electron chi connectivity index (χ0n) is 15.9. The molecule has 0 spiro atoms. The van der Waals surface area contributed by atoms with Crippen LogP contribution in [0, 0.1) is 53.3 Å². The molecule has 10 atom stereocenters. The van der Waals surface area contributed by atoms with Crippen molar-refractivity contribution in [1.82, 2.24) is 0 Å². The average molecular weight is 347 g/mol. The highest BCUT2D eigenvalue weighted by Crippen LogP contribution is 2.72. The Bertz CT molecular complexity index is 525. The van der Waals surface area contributed by atoms with E-state index >= 15 is 0 Å². The van der Waals surface area contributed by atoms with Crippen molar-refractivity contribution in [2.45, 2.75) is 71.5 Å². The van der Waals surface area contributed by atoms with Gasteiger partial charge in [0, 0.05) is 6.42 Å². The van der Waals surface area contributed by atoms with E-state index in [1.54, 1.807) is 0 Å². The minimum atomic E-state index is -0.260. The molecule has 4 aliphatic carbocycles. The molecule has 0 radical (unpaired) electrons. The van der Waals surface area contributed by atoms with Crippen LogP contribution in [-0.2, 0) is 14.3 Å². The van der Waals surface area contributed by atoms with E-state index in [4.69, 9.17) is 9.47 Å². The lowest BCUT2D eigenvalue weighted by Crippen LogP contribution is -2.42. The lowest BCUT2D eigenvalue weighted by Gasteiger charge is -2.44. The fraction of sp³-hybridized carbons (Fsp3) is 0.955. The number of esters is 1. The molecule has 0 N–H and O–H groups in total. The Morgan fingerprint density at radius 3 is 2.40 bits per heavy atom. The summed E-state index contributed by atoms with van der Waals surface area (Å²) in [6.45, 7) is 5.54. The zero-order valence-corrected chi connectivity index (χ0v) is 15.9. The SMILES string of the molecule is CCC1C(CC)C2CC1C1C3CC(C(=O)OC4CCCCO4)C(C3)C21. The third-order valence-electron chi connectivity index (χ3n) is 8.95. The Labute approximate surface area is 152 Å². The molecule has 5 rings (SSSR count). The van der Waals surface area contributed by atoms with Gasteiger partial charge in [-0.25, -0.2) is 0 Å². The van der Waals surface area contributed by atoms with Crippen LogP contribution in [0.5, 0.6) is 0 Å². The molecule has 0 aromatic rings. The van der Waals surface area contributed by atoms with E-state index in [1.165, 1.54) is 25.7 Å². The summed E-state index contributed by atoms with van der Waals surface area (Å²) in [4.78, 5) is 12.9. The summed E-state index contributed by atoms with van der Waals surface area (Å²) in [5.41, 5.74) is 0. The van der Waals surface area contributed by atoms with E-state index in [1.807, 2.05) is 0 Å². The molecule has 1 heterocycles. The first-order chi connectivity index (χ1) is 12.2. The summed E-state index contributed by atoms with van der Waals surface area (Å²) < 4.78 is 11.4. The normalized spacial score (nSPS) is 53.2. The van der Waals surface area contributed by atoms with E-state index in [2.05, 4.69) is 13.8 Å². The number of ether oxygens (including phenoxy) is 2. The molecule has 3 heteroatoms. The van der Waals surface area contributed by atoms with Gasteiger partial charge in [-0.1, -0.05) is 26.7 Å². The van der Waals surface area contributed by atoms with Gasteiger partial charge in [0.05, 0.1) is 12.5 Å². The topological polar surface area (TPSA) is 35.5 Å². The number of carbonyl (C=O) groups excluding carboxylic acids is 1. The summed E-state index contributed by atoms with van der Waals surface area (Å²) in [7, 11) is 0. The Balaban J connectivity index is 1.30. The number of fused-ring (bicyclic) bond motifs is 9. The second-order valence-corrected chi connectivity index (χ2v) is 9.60. The van der Waals surface area contributed by atoms with Crippen LogP contribution >= 0.6 is 0 Å². The third kappa shape index (κ3) is 2.37. The first-order valence-corrected chi connectivity index (χ1v) is 11.0. The van der Waals surface area contributed by atoms with Crippen molar-refractivity contribution >= 4 is 5.97 Å². The Morgan fingerprint density at radius 2 is 1.72 bits per heavy atom. The van der Waals surface area contributed by atoms with Gasteiger partial charge in [-0.2, -0.15) is 0 Å². The summed E-state index contributed by atoms with van der Waals surface area (Å²) in [6.07, 6.45) is 9.44. The fourth-order valence-corrected chi connectivity index (χ4v) is 8.38. The van der Waals surface area contributed by atoms with E-state index in [0.29, 0.717) is 5.92 Å². The van der Waals surface area contributed by atoms with Crippen molar-refractivity contribution < 1.29 is 14.3 Å². The van der Waals surface area contributed by atoms with Gasteiger partial charge < -0.3 is 9.47 Å². The number of hydrogen-bond donors (Lipinski definition) is 0. The van der Waals surface area contributed by atoms with Crippen LogP contribution in [0.3, 0.4) is 0 Å². The monoisotopic (exact) mass is 346 g/mol. The lowest BCUT2D eigenvalue weighted by molar-refractivity contribution is -0.194. The molecule has 140 valence electrons. The van der Waals surface area contributed by atoms with E-state index in [-0.39, 0.29) is 18.2 Å². The zero-order chi connectivity index (χ0) is 17.1. The first-order valence-electron chi connectivity index (χ1n) is 11.0. The molecule has 5 fully saturated rings. The second-order valence-electron chi connectivity index (χ2n) is 9.60. The van der Waals surface area contributed by atoms with Gasteiger partial charge in [-0.3, -0.25) is 4.79 Å². The molecule has 0 aromatic heterocycles. The third-order valence-corrected chi connectivity index (χ3v) is 8.95. The Kier molecular flexibility index (Phi) is 4.15. The minimum absolute atomic E-state index is 0.0701. The quantitative estimate of drug-likeness (QED) is 0.549. The fourth-order valence-electron chi connectivity index (χ4n) is 8.38. The molecule has 0 aromatic carbocycles. The van der Waals surface area contributed by atoms with Gasteiger partial charge in [0.1, 0.15) is 0 Å². The molecule has 0 amide bonds. The van der Waals surface area contributed by atoms with Gasteiger partial charge >= 0.3 is 5.97 Å². The smallest absolute Gasteiger partial charge is 0.311 e. The maximum atomic E-state index is 12.9. The van der Waals surface area contributed by atoms with E-state index in [9.17, 15) is 4.79 Å². The highest BCUT2D eigenvalue weighted by Gasteiger charge is 2.67. The largest absolute Gasteiger partial charge is 0.436 e. The summed E-state index contributed by atoms with van der Waals surface area (Å²) >= 11 is 0. The van der Waals surface area contributed by atoms with Gasteiger partial charge in [0.25, 0.3) is 0 Å². The van der Waals surface area contributed by atoms with Gasteiger partial charge in [0.15, 0.2) is 0 Å². The lowest BCUT2D eigenvalue weighted by atomic mass is 9.60. The summed E-state index contributed by atoms with van der Waals surface area (Å²) in [5, 5.41) is 0. The molecule has 4 saturated carbocycles. The van der Waals surface area contributed by atoms with Crippen LogP contribution in [0.4, 0.5) is 0 Å². The van der Waals surface area contributed by atoms with Crippen LogP contribution < -0.4 is 0 Å². The van der Waals surface area contributed by atoms with E-state index < -0.39 is 0 Å². The van der Waals surface area contributed by atoms with Crippen molar-refractivity contribution in [1.29, 1.82) is 0 Å². The Morgan fingerprint density at radius 1 is 0.960 bits per heavy atom. The predicted molar refractivity (Wildman–Crippen MR) is 95.5 cm³/mol. The molecule has 10 unspecified atom stereocenters. The molecular weight excluding hydrogens is 312 g/mol. The molecular formula is C22H34O3. The molecule has 1 saturated heterocycles. The number of carbonyl (C=O) groups is 1. The average Bonchev–Trinajstić information content (AvgIpc) is 3.38. The van der Waals surface area contributed by atoms with Crippen molar-refractivity contribution in [2.24, 2.45) is 53.3 Å². The molecule has 1 aliphatic heterocycles. The first kappa shape index (κ1) is 16.6. The van der Waals surface area contributed by atoms with Gasteiger partial charge in [0.2, 0.25) is 6.29 Å². The molecule has 25 heavy (non-hydrogen) atoms. The van der Waals surface area contributed by atoms with E-state index in [0.717, 1.165) is 73.7 Å². The van der Waals surface area contributed by atoms with Gasteiger partial charge in [-0.05, 0) is 79.4 Å².